The number of anilines is 2. The molecule has 0 aliphatic heterocycles. The van der Waals surface area contributed by atoms with Crippen LogP contribution >= 0.6 is 23.4 Å². The molecule has 2 rings (SSSR count). The van der Waals surface area contributed by atoms with Gasteiger partial charge in [-0.05, 0) is 31.0 Å². The Labute approximate surface area is 129 Å². The Kier molecular flexibility index (Phi) is 6.05. The fraction of sp³-hybridized carbons (Fsp3) is 0.533. The lowest BCUT2D eigenvalue weighted by atomic mass is 10.0. The number of hydrogen-bond donors (Lipinski definition) is 2. The number of nitrogens with two attached hydrogens (primary N) is 1. The number of carbonyl (C=O) groups is 1. The van der Waals surface area contributed by atoms with Gasteiger partial charge in [0.05, 0.1) is 10.7 Å². The van der Waals surface area contributed by atoms with E-state index in [-0.39, 0.29) is 5.91 Å². The average molecular weight is 313 g/mol. The van der Waals surface area contributed by atoms with Gasteiger partial charge < -0.3 is 11.1 Å². The summed E-state index contributed by atoms with van der Waals surface area (Å²) in [5, 5.41) is 4.12. The first-order valence-corrected chi connectivity index (χ1v) is 8.54. The molecule has 1 fully saturated rings. The lowest BCUT2D eigenvalue weighted by molar-refractivity contribution is -0.115. The van der Waals surface area contributed by atoms with Gasteiger partial charge in [0.25, 0.3) is 0 Å². The summed E-state index contributed by atoms with van der Waals surface area (Å²) >= 11 is 7.78. The number of nitrogen functional groups attached to an aromatic ring is 1. The van der Waals surface area contributed by atoms with Crippen molar-refractivity contribution in [2.24, 2.45) is 0 Å². The smallest absolute Gasteiger partial charge is 0.225 e. The van der Waals surface area contributed by atoms with Gasteiger partial charge in [0, 0.05) is 23.1 Å². The second-order valence-electron chi connectivity index (χ2n) is 5.17. The molecule has 3 N–H and O–H groups in total. The summed E-state index contributed by atoms with van der Waals surface area (Å²) in [5.41, 5.74) is 6.90. The number of halogens is 1. The first-order valence-electron chi connectivity index (χ1n) is 7.11. The number of carbonyl (C=O) groups excluding carboxylic acids is 1. The third kappa shape index (κ3) is 4.91. The number of hydrogen-bond acceptors (Lipinski definition) is 3. The molecule has 0 radical (unpaired) electrons. The highest BCUT2D eigenvalue weighted by atomic mass is 35.5. The maximum atomic E-state index is 11.9. The summed E-state index contributed by atoms with van der Waals surface area (Å²) in [4.78, 5) is 11.9. The van der Waals surface area contributed by atoms with E-state index < -0.39 is 0 Å². The Morgan fingerprint density at radius 1 is 1.35 bits per heavy atom. The van der Waals surface area contributed by atoms with E-state index in [1.54, 1.807) is 18.2 Å². The summed E-state index contributed by atoms with van der Waals surface area (Å²) < 4.78 is 0. The van der Waals surface area contributed by atoms with Crippen LogP contribution in [0, 0.1) is 0 Å². The molecule has 0 unspecified atom stereocenters. The van der Waals surface area contributed by atoms with E-state index >= 15 is 0 Å². The molecule has 1 saturated carbocycles. The van der Waals surface area contributed by atoms with Gasteiger partial charge in [0.15, 0.2) is 0 Å². The van der Waals surface area contributed by atoms with Gasteiger partial charge in [-0.3, -0.25) is 4.79 Å². The quantitative estimate of drug-likeness (QED) is 0.796. The molecule has 1 aromatic rings. The third-order valence-electron chi connectivity index (χ3n) is 3.51. The van der Waals surface area contributed by atoms with Gasteiger partial charge in [-0.1, -0.05) is 30.9 Å². The van der Waals surface area contributed by atoms with Crippen molar-refractivity contribution in [3.8, 4) is 0 Å². The maximum Gasteiger partial charge on any atom is 0.225 e. The topological polar surface area (TPSA) is 55.1 Å². The minimum Gasteiger partial charge on any atom is -0.397 e. The van der Waals surface area contributed by atoms with Crippen molar-refractivity contribution in [1.82, 2.24) is 0 Å². The van der Waals surface area contributed by atoms with Gasteiger partial charge in [0.1, 0.15) is 0 Å². The molecule has 1 aliphatic rings. The van der Waals surface area contributed by atoms with Crippen LogP contribution in [0.15, 0.2) is 18.2 Å². The SMILES string of the molecule is Nc1cc(NC(=O)CCSC2CCCCC2)ccc1Cl. The zero-order valence-electron chi connectivity index (χ0n) is 11.5. The van der Waals surface area contributed by atoms with Crippen molar-refractivity contribution in [2.75, 3.05) is 16.8 Å². The van der Waals surface area contributed by atoms with Crippen LogP contribution in [0.3, 0.4) is 0 Å². The number of benzene rings is 1. The third-order valence-corrected chi connectivity index (χ3v) is 5.24. The van der Waals surface area contributed by atoms with Crippen molar-refractivity contribution in [3.63, 3.8) is 0 Å². The molecule has 3 nitrogen and oxygen atoms in total. The van der Waals surface area contributed by atoms with Crippen molar-refractivity contribution in [1.29, 1.82) is 0 Å². The Morgan fingerprint density at radius 3 is 2.80 bits per heavy atom. The number of rotatable bonds is 5. The maximum absolute atomic E-state index is 11.9. The van der Waals surface area contributed by atoms with Gasteiger partial charge in [-0.25, -0.2) is 0 Å². The Bertz CT molecular complexity index is 461. The standard InChI is InChI=1S/C15H21ClN2OS/c16-13-7-6-11(10-14(13)17)18-15(19)8-9-20-12-4-2-1-3-5-12/h6-7,10,12H,1-5,8-9,17H2,(H,18,19). The Hall–Kier alpha value is -0.870. The van der Waals surface area contributed by atoms with Crippen molar-refractivity contribution in [2.45, 2.75) is 43.8 Å². The van der Waals surface area contributed by atoms with E-state index in [1.165, 1.54) is 32.1 Å². The fourth-order valence-electron chi connectivity index (χ4n) is 2.40. The first kappa shape index (κ1) is 15.5. The van der Waals surface area contributed by atoms with Gasteiger partial charge in [-0.2, -0.15) is 11.8 Å². The molecule has 0 bridgehead atoms. The van der Waals surface area contributed by atoms with Gasteiger partial charge in [-0.15, -0.1) is 0 Å². The van der Waals surface area contributed by atoms with Gasteiger partial charge in [0.2, 0.25) is 5.91 Å². The van der Waals surface area contributed by atoms with Crippen LogP contribution in [-0.4, -0.2) is 16.9 Å². The molecule has 1 amide bonds. The minimum atomic E-state index is 0.0371. The Balaban J connectivity index is 1.70. The summed E-state index contributed by atoms with van der Waals surface area (Å²) in [6.07, 6.45) is 7.21. The molecule has 5 heteroatoms. The molecule has 110 valence electrons. The second-order valence-corrected chi connectivity index (χ2v) is 6.98. The zero-order valence-corrected chi connectivity index (χ0v) is 13.1. The molecule has 1 aromatic carbocycles. The van der Waals surface area contributed by atoms with Crippen LogP contribution in [-0.2, 0) is 4.79 Å². The van der Waals surface area contributed by atoms with E-state index in [0.717, 1.165) is 11.0 Å². The monoisotopic (exact) mass is 312 g/mol. The van der Waals surface area contributed by atoms with Crippen molar-refractivity contribution in [3.05, 3.63) is 23.2 Å². The lowest BCUT2D eigenvalue weighted by Crippen LogP contribution is -2.14. The average Bonchev–Trinajstić information content (AvgIpc) is 2.44. The van der Waals surface area contributed by atoms with Crippen molar-refractivity contribution < 1.29 is 4.79 Å². The van der Waals surface area contributed by atoms with Crippen LogP contribution < -0.4 is 11.1 Å². The van der Waals surface area contributed by atoms with E-state index in [9.17, 15) is 4.79 Å². The summed E-state index contributed by atoms with van der Waals surface area (Å²) in [7, 11) is 0. The van der Waals surface area contributed by atoms with Gasteiger partial charge >= 0.3 is 0 Å². The molecule has 20 heavy (non-hydrogen) atoms. The predicted octanol–water partition coefficient (Wildman–Crippen LogP) is 4.32. The lowest BCUT2D eigenvalue weighted by Gasteiger charge is -2.20. The normalized spacial score (nSPS) is 16.1. The van der Waals surface area contributed by atoms with E-state index in [1.807, 2.05) is 11.8 Å². The number of amides is 1. The largest absolute Gasteiger partial charge is 0.397 e. The van der Waals surface area contributed by atoms with Crippen molar-refractivity contribution >= 4 is 40.6 Å². The van der Waals surface area contributed by atoms with E-state index in [0.29, 0.717) is 22.8 Å². The molecule has 0 atom stereocenters. The number of thioether (sulfide) groups is 1. The molecule has 0 spiro atoms. The summed E-state index contributed by atoms with van der Waals surface area (Å²) in [6, 6.07) is 5.16. The van der Waals surface area contributed by atoms with Crippen LogP contribution in [0.1, 0.15) is 38.5 Å². The van der Waals surface area contributed by atoms with Crippen LogP contribution in [0.4, 0.5) is 11.4 Å². The highest BCUT2D eigenvalue weighted by molar-refractivity contribution is 7.99. The zero-order chi connectivity index (χ0) is 14.4. The minimum absolute atomic E-state index is 0.0371. The molecule has 0 heterocycles. The molecular weight excluding hydrogens is 292 g/mol. The first-order chi connectivity index (χ1) is 9.65. The highest BCUT2D eigenvalue weighted by Gasteiger charge is 2.14. The predicted molar refractivity (Wildman–Crippen MR) is 88.4 cm³/mol. The fourth-order valence-corrected chi connectivity index (χ4v) is 3.82. The summed E-state index contributed by atoms with van der Waals surface area (Å²) in [5.74, 6) is 0.926. The van der Waals surface area contributed by atoms with Crippen LogP contribution in [0.2, 0.25) is 5.02 Å². The van der Waals surface area contributed by atoms with Crippen LogP contribution in [0.5, 0.6) is 0 Å². The van der Waals surface area contributed by atoms with E-state index in [4.69, 9.17) is 17.3 Å². The molecule has 0 aromatic heterocycles. The highest BCUT2D eigenvalue weighted by Crippen LogP contribution is 2.28. The summed E-state index contributed by atoms with van der Waals surface area (Å²) in [6.45, 7) is 0. The second kappa shape index (κ2) is 7.79. The van der Waals surface area contributed by atoms with Crippen LogP contribution in [0.25, 0.3) is 0 Å². The molecule has 0 saturated heterocycles. The van der Waals surface area contributed by atoms with E-state index in [2.05, 4.69) is 5.32 Å². The molecular formula is C15H21ClN2OS. The Morgan fingerprint density at radius 2 is 2.10 bits per heavy atom. The number of nitrogens with one attached hydrogen (secondary N) is 1. The molecule has 1 aliphatic carbocycles.